The quantitative estimate of drug-likeness (QED) is 0.775. The van der Waals surface area contributed by atoms with Crippen molar-refractivity contribution in [1.82, 2.24) is 5.32 Å². The summed E-state index contributed by atoms with van der Waals surface area (Å²) in [6.45, 7) is 5.16. The van der Waals surface area contributed by atoms with Gasteiger partial charge in [-0.15, -0.1) is 0 Å². The highest BCUT2D eigenvalue weighted by Crippen LogP contribution is 2.50. The van der Waals surface area contributed by atoms with E-state index in [1.165, 1.54) is 18.9 Å². The second kappa shape index (κ2) is 6.66. The van der Waals surface area contributed by atoms with Gasteiger partial charge >= 0.3 is 0 Å². The van der Waals surface area contributed by atoms with Gasteiger partial charge in [-0.05, 0) is 43.7 Å². The Bertz CT molecular complexity index is 439. The maximum atomic E-state index is 14.2. The summed E-state index contributed by atoms with van der Waals surface area (Å²) in [7, 11) is 0. The maximum absolute atomic E-state index is 14.2. The highest BCUT2D eigenvalue weighted by atomic mass is 19.1. The van der Waals surface area contributed by atoms with Crippen LogP contribution in [0.1, 0.15) is 64.0 Å². The van der Waals surface area contributed by atoms with Gasteiger partial charge in [0.2, 0.25) is 0 Å². The summed E-state index contributed by atoms with van der Waals surface area (Å²) in [5.74, 6) is -0.921. The molecule has 0 aliphatic heterocycles. The smallest absolute Gasteiger partial charge is 0.130 e. The average molecular weight is 281 g/mol. The number of hydrogen-bond acceptors (Lipinski definition) is 1. The highest BCUT2D eigenvalue weighted by Gasteiger charge is 2.41. The molecule has 1 aromatic rings. The first-order chi connectivity index (χ1) is 9.63. The first-order valence-corrected chi connectivity index (χ1v) is 7.81. The Morgan fingerprint density at radius 1 is 1.20 bits per heavy atom. The van der Waals surface area contributed by atoms with E-state index in [2.05, 4.69) is 19.2 Å². The number of nitrogens with one attached hydrogen (secondary N) is 1. The lowest BCUT2D eigenvalue weighted by Crippen LogP contribution is -2.37. The molecule has 20 heavy (non-hydrogen) atoms. The molecule has 1 aliphatic rings. The zero-order valence-electron chi connectivity index (χ0n) is 12.5. The third kappa shape index (κ3) is 3.03. The second-order valence-electron chi connectivity index (χ2n) is 5.98. The SMILES string of the molecule is CCCNC(c1ccc(F)cc1F)C1(CC)CCCC1. The van der Waals surface area contributed by atoms with Gasteiger partial charge in [0.1, 0.15) is 11.6 Å². The summed E-state index contributed by atoms with van der Waals surface area (Å²) >= 11 is 0. The Morgan fingerprint density at radius 3 is 2.45 bits per heavy atom. The second-order valence-corrected chi connectivity index (χ2v) is 5.98. The lowest BCUT2D eigenvalue weighted by atomic mass is 9.73. The summed E-state index contributed by atoms with van der Waals surface area (Å²) in [5, 5.41) is 3.52. The fraction of sp³-hybridized carbons (Fsp3) is 0.647. The van der Waals surface area contributed by atoms with E-state index in [4.69, 9.17) is 0 Å². The van der Waals surface area contributed by atoms with E-state index in [0.29, 0.717) is 5.56 Å². The summed E-state index contributed by atoms with van der Waals surface area (Å²) in [4.78, 5) is 0. The monoisotopic (exact) mass is 281 g/mol. The molecule has 1 fully saturated rings. The molecule has 3 heteroatoms. The largest absolute Gasteiger partial charge is 0.309 e. The van der Waals surface area contributed by atoms with E-state index >= 15 is 0 Å². The minimum Gasteiger partial charge on any atom is -0.309 e. The van der Waals surface area contributed by atoms with Crippen molar-refractivity contribution in [2.75, 3.05) is 6.54 Å². The predicted molar refractivity (Wildman–Crippen MR) is 78.6 cm³/mol. The molecule has 0 aromatic heterocycles. The lowest BCUT2D eigenvalue weighted by Gasteiger charge is -2.38. The van der Waals surface area contributed by atoms with Crippen LogP contribution in [-0.4, -0.2) is 6.54 Å². The molecular formula is C17H25F2N. The van der Waals surface area contributed by atoms with Crippen molar-refractivity contribution in [1.29, 1.82) is 0 Å². The molecule has 0 radical (unpaired) electrons. The van der Waals surface area contributed by atoms with Gasteiger partial charge in [-0.2, -0.15) is 0 Å². The molecule has 0 amide bonds. The van der Waals surface area contributed by atoms with E-state index in [1.54, 1.807) is 6.07 Å². The van der Waals surface area contributed by atoms with Gasteiger partial charge in [-0.1, -0.05) is 32.8 Å². The van der Waals surface area contributed by atoms with E-state index < -0.39 is 11.6 Å². The molecule has 2 rings (SSSR count). The summed E-state index contributed by atoms with van der Waals surface area (Å²) in [6.07, 6.45) is 6.72. The Labute approximate surface area is 120 Å². The van der Waals surface area contributed by atoms with Gasteiger partial charge in [0.05, 0.1) is 0 Å². The van der Waals surface area contributed by atoms with Crippen molar-refractivity contribution in [2.45, 2.75) is 58.4 Å². The van der Waals surface area contributed by atoms with E-state index in [9.17, 15) is 8.78 Å². The Morgan fingerprint density at radius 2 is 1.90 bits per heavy atom. The molecule has 1 N–H and O–H groups in total. The summed E-state index contributed by atoms with van der Waals surface area (Å²) < 4.78 is 27.4. The molecule has 112 valence electrons. The van der Waals surface area contributed by atoms with Gasteiger partial charge in [-0.25, -0.2) is 8.78 Å². The Hall–Kier alpha value is -0.960. The van der Waals surface area contributed by atoms with Crippen LogP contribution >= 0.6 is 0 Å². The van der Waals surface area contributed by atoms with E-state index in [-0.39, 0.29) is 11.5 Å². The van der Waals surface area contributed by atoms with Crippen LogP contribution in [0.4, 0.5) is 8.78 Å². The third-order valence-corrected chi connectivity index (χ3v) is 4.79. The summed E-state index contributed by atoms with van der Waals surface area (Å²) in [5.41, 5.74) is 0.747. The van der Waals surface area contributed by atoms with Crippen molar-refractivity contribution in [3.63, 3.8) is 0 Å². The van der Waals surface area contributed by atoms with Gasteiger partial charge in [-0.3, -0.25) is 0 Å². The first kappa shape index (κ1) is 15.4. The molecule has 1 saturated carbocycles. The van der Waals surface area contributed by atoms with Gasteiger partial charge in [0.15, 0.2) is 0 Å². The van der Waals surface area contributed by atoms with Crippen molar-refractivity contribution in [3.8, 4) is 0 Å². The van der Waals surface area contributed by atoms with Crippen molar-refractivity contribution in [3.05, 3.63) is 35.4 Å². The number of rotatable bonds is 6. The predicted octanol–water partition coefficient (Wildman–Crippen LogP) is 4.98. The molecule has 0 bridgehead atoms. The number of hydrogen-bond donors (Lipinski definition) is 1. The van der Waals surface area contributed by atoms with Crippen molar-refractivity contribution < 1.29 is 8.78 Å². The molecule has 0 saturated heterocycles. The number of benzene rings is 1. The molecule has 0 heterocycles. The zero-order valence-corrected chi connectivity index (χ0v) is 12.5. The van der Waals surface area contributed by atoms with Crippen LogP contribution in [0, 0.1) is 17.0 Å². The van der Waals surface area contributed by atoms with Crippen LogP contribution < -0.4 is 5.32 Å². The van der Waals surface area contributed by atoms with Crippen molar-refractivity contribution in [2.24, 2.45) is 5.41 Å². The molecule has 1 aliphatic carbocycles. The summed E-state index contributed by atoms with van der Waals surface area (Å²) in [6, 6.07) is 4.00. The van der Waals surface area contributed by atoms with E-state index in [1.807, 2.05) is 0 Å². The maximum Gasteiger partial charge on any atom is 0.130 e. The minimum absolute atomic E-state index is 0.00412. The molecule has 1 nitrogen and oxygen atoms in total. The molecule has 1 atom stereocenters. The lowest BCUT2D eigenvalue weighted by molar-refractivity contribution is 0.183. The first-order valence-electron chi connectivity index (χ1n) is 7.81. The molecular weight excluding hydrogens is 256 g/mol. The minimum atomic E-state index is -0.502. The zero-order chi connectivity index (χ0) is 14.6. The van der Waals surface area contributed by atoms with Gasteiger partial charge in [0, 0.05) is 17.7 Å². The normalized spacial score (nSPS) is 19.2. The molecule has 0 spiro atoms. The Kier molecular flexibility index (Phi) is 5.14. The highest BCUT2D eigenvalue weighted by molar-refractivity contribution is 5.25. The molecule has 1 aromatic carbocycles. The van der Waals surface area contributed by atoms with Crippen LogP contribution in [0.25, 0.3) is 0 Å². The van der Waals surface area contributed by atoms with Gasteiger partial charge in [0.25, 0.3) is 0 Å². The number of halogens is 2. The Balaban J connectivity index is 2.35. The van der Waals surface area contributed by atoms with Crippen LogP contribution in [0.15, 0.2) is 18.2 Å². The fourth-order valence-electron chi connectivity index (χ4n) is 3.61. The fourth-order valence-corrected chi connectivity index (χ4v) is 3.61. The van der Waals surface area contributed by atoms with Crippen LogP contribution in [-0.2, 0) is 0 Å². The van der Waals surface area contributed by atoms with E-state index in [0.717, 1.165) is 38.3 Å². The third-order valence-electron chi connectivity index (χ3n) is 4.79. The van der Waals surface area contributed by atoms with Crippen LogP contribution in [0.2, 0.25) is 0 Å². The topological polar surface area (TPSA) is 12.0 Å². The molecule has 1 unspecified atom stereocenters. The van der Waals surface area contributed by atoms with Crippen LogP contribution in [0.5, 0.6) is 0 Å². The van der Waals surface area contributed by atoms with Crippen molar-refractivity contribution >= 4 is 0 Å². The van der Waals surface area contributed by atoms with Gasteiger partial charge < -0.3 is 5.32 Å². The van der Waals surface area contributed by atoms with Crippen LogP contribution in [0.3, 0.4) is 0 Å². The average Bonchev–Trinajstić information content (AvgIpc) is 2.91. The standard InChI is InChI=1S/C17H25F2N/c1-3-11-20-16(17(4-2)9-5-6-10-17)14-8-7-13(18)12-15(14)19/h7-8,12,16,20H,3-6,9-11H2,1-2H3.